The molecule has 0 aliphatic heterocycles. The first-order chi connectivity index (χ1) is 19.9. The van der Waals surface area contributed by atoms with Crippen LogP contribution in [0.25, 0.3) is 11.0 Å². The predicted octanol–water partition coefficient (Wildman–Crippen LogP) is 7.54. The average molecular weight is 556 g/mol. The van der Waals surface area contributed by atoms with Gasteiger partial charge in [-0.3, -0.25) is 4.79 Å². The Kier molecular flexibility index (Phi) is 11.2. The summed E-state index contributed by atoms with van der Waals surface area (Å²) in [4.78, 5) is 17.2. The van der Waals surface area contributed by atoms with E-state index in [-0.39, 0.29) is 12.5 Å². The highest BCUT2D eigenvalue weighted by atomic mass is 16.5. The van der Waals surface area contributed by atoms with Crippen LogP contribution in [0, 0.1) is 13.8 Å². The first-order valence-electron chi connectivity index (χ1n) is 15.1. The molecule has 3 aromatic carbocycles. The van der Waals surface area contributed by atoms with Crippen molar-refractivity contribution in [1.29, 1.82) is 0 Å². The fourth-order valence-corrected chi connectivity index (χ4v) is 4.98. The van der Waals surface area contributed by atoms with E-state index in [9.17, 15) is 4.79 Å². The van der Waals surface area contributed by atoms with Crippen molar-refractivity contribution in [2.75, 3.05) is 19.8 Å². The van der Waals surface area contributed by atoms with Gasteiger partial charge in [-0.1, -0.05) is 56.7 Å². The minimum absolute atomic E-state index is 0.0431. The van der Waals surface area contributed by atoms with Gasteiger partial charge in [0.25, 0.3) is 5.91 Å². The van der Waals surface area contributed by atoms with Gasteiger partial charge in [-0.25, -0.2) is 4.98 Å². The number of carbonyl (C=O) groups is 1. The van der Waals surface area contributed by atoms with Crippen LogP contribution >= 0.6 is 0 Å². The van der Waals surface area contributed by atoms with E-state index in [4.69, 9.17) is 14.5 Å². The normalized spacial score (nSPS) is 11.9. The number of aromatic nitrogens is 2. The van der Waals surface area contributed by atoms with Crippen LogP contribution in [0.4, 0.5) is 0 Å². The van der Waals surface area contributed by atoms with E-state index in [2.05, 4.69) is 66.2 Å². The molecule has 1 heterocycles. The maximum atomic E-state index is 12.2. The molecule has 1 atom stereocenters. The number of nitrogens with one attached hydrogen (secondary N) is 1. The molecule has 0 radical (unpaired) electrons. The van der Waals surface area contributed by atoms with Gasteiger partial charge in [-0.05, 0) is 92.5 Å². The van der Waals surface area contributed by atoms with Crippen LogP contribution in [0.15, 0.2) is 66.7 Å². The molecule has 0 saturated carbocycles. The van der Waals surface area contributed by atoms with Crippen LogP contribution in [0.2, 0.25) is 0 Å². The van der Waals surface area contributed by atoms with E-state index in [0.717, 1.165) is 79.0 Å². The van der Waals surface area contributed by atoms with E-state index >= 15 is 0 Å². The number of hydrogen-bond acceptors (Lipinski definition) is 4. The second kappa shape index (κ2) is 15.3. The van der Waals surface area contributed by atoms with Crippen molar-refractivity contribution in [1.82, 2.24) is 14.9 Å². The van der Waals surface area contributed by atoms with Crippen molar-refractivity contribution < 1.29 is 14.3 Å². The number of carbonyl (C=O) groups excluding carboxylic acids is 1. The summed E-state index contributed by atoms with van der Waals surface area (Å²) in [6.45, 7) is 10.7. The molecule has 1 unspecified atom stereocenters. The molecule has 6 nitrogen and oxygen atoms in total. The maximum Gasteiger partial charge on any atom is 0.257 e. The summed E-state index contributed by atoms with van der Waals surface area (Å²) in [6.07, 6.45) is 5.95. The van der Waals surface area contributed by atoms with Crippen molar-refractivity contribution in [2.45, 2.75) is 78.7 Å². The van der Waals surface area contributed by atoms with Crippen LogP contribution in [0.3, 0.4) is 0 Å². The molecule has 1 N–H and O–H groups in total. The zero-order chi connectivity index (χ0) is 29.0. The molecule has 0 bridgehead atoms. The monoisotopic (exact) mass is 555 g/mol. The smallest absolute Gasteiger partial charge is 0.257 e. The van der Waals surface area contributed by atoms with E-state index in [1.165, 1.54) is 11.1 Å². The molecule has 41 heavy (non-hydrogen) atoms. The molecule has 0 fully saturated rings. The van der Waals surface area contributed by atoms with Crippen LogP contribution in [-0.2, 0) is 17.8 Å². The zero-order valence-corrected chi connectivity index (χ0v) is 25.1. The van der Waals surface area contributed by atoms with E-state index in [1.807, 2.05) is 38.1 Å². The Balaban J connectivity index is 1.18. The first kappa shape index (κ1) is 30.2. The SMILES string of the molecule is CCC(C)c1ccc(OCCCn2c(CCCCCNC(=O)COc3cc(C)ccc3C)nc3ccccc32)cc1. The molecule has 0 spiro atoms. The van der Waals surface area contributed by atoms with Gasteiger partial charge in [0.15, 0.2) is 6.61 Å². The molecule has 0 aliphatic rings. The summed E-state index contributed by atoms with van der Waals surface area (Å²) in [6, 6.07) is 22.9. The van der Waals surface area contributed by atoms with Crippen molar-refractivity contribution in [3.8, 4) is 11.5 Å². The number of nitrogens with zero attached hydrogens (tertiary/aromatic N) is 2. The summed E-state index contributed by atoms with van der Waals surface area (Å²) in [5, 5.41) is 2.98. The number of rotatable bonds is 16. The van der Waals surface area contributed by atoms with Crippen molar-refractivity contribution >= 4 is 16.9 Å². The van der Waals surface area contributed by atoms with Gasteiger partial charge in [0.05, 0.1) is 17.6 Å². The lowest BCUT2D eigenvalue weighted by atomic mass is 9.99. The van der Waals surface area contributed by atoms with Gasteiger partial charge in [-0.2, -0.15) is 0 Å². The number of para-hydroxylation sites is 2. The fourth-order valence-electron chi connectivity index (χ4n) is 4.98. The third-order valence-electron chi connectivity index (χ3n) is 7.69. The van der Waals surface area contributed by atoms with Crippen molar-refractivity contribution in [3.63, 3.8) is 0 Å². The topological polar surface area (TPSA) is 65.4 Å². The summed E-state index contributed by atoms with van der Waals surface area (Å²) in [7, 11) is 0. The van der Waals surface area contributed by atoms with Gasteiger partial charge >= 0.3 is 0 Å². The largest absolute Gasteiger partial charge is 0.494 e. The Morgan fingerprint density at radius 1 is 0.951 bits per heavy atom. The molecule has 4 rings (SSSR count). The number of hydrogen-bond donors (Lipinski definition) is 1. The number of aryl methyl sites for hydroxylation is 4. The second-order valence-corrected chi connectivity index (χ2v) is 11.0. The molecule has 1 aromatic heterocycles. The number of fused-ring (bicyclic) bond motifs is 1. The van der Waals surface area contributed by atoms with Crippen LogP contribution in [-0.4, -0.2) is 35.2 Å². The lowest BCUT2D eigenvalue weighted by molar-refractivity contribution is -0.123. The summed E-state index contributed by atoms with van der Waals surface area (Å²) >= 11 is 0. The van der Waals surface area contributed by atoms with E-state index in [1.54, 1.807) is 0 Å². The summed E-state index contributed by atoms with van der Waals surface area (Å²) < 4.78 is 14.1. The number of imidazole rings is 1. The van der Waals surface area contributed by atoms with Crippen molar-refractivity contribution in [2.24, 2.45) is 0 Å². The predicted molar refractivity (Wildman–Crippen MR) is 167 cm³/mol. The third-order valence-corrected chi connectivity index (χ3v) is 7.69. The Morgan fingerprint density at radius 2 is 1.76 bits per heavy atom. The van der Waals surface area contributed by atoms with Crippen LogP contribution in [0.5, 0.6) is 11.5 Å². The van der Waals surface area contributed by atoms with Crippen LogP contribution < -0.4 is 14.8 Å². The Hall–Kier alpha value is -3.80. The molecule has 6 heteroatoms. The Bertz CT molecular complexity index is 1390. The highest BCUT2D eigenvalue weighted by Crippen LogP contribution is 2.22. The Morgan fingerprint density at radius 3 is 2.56 bits per heavy atom. The number of amides is 1. The van der Waals surface area contributed by atoms with E-state index in [0.29, 0.717) is 19.1 Å². The highest BCUT2D eigenvalue weighted by Gasteiger charge is 2.11. The molecule has 0 saturated heterocycles. The van der Waals surface area contributed by atoms with Gasteiger partial charge in [0, 0.05) is 19.5 Å². The molecule has 4 aromatic rings. The minimum atomic E-state index is -0.0821. The fraction of sp³-hybridized carbons (Fsp3) is 0.429. The van der Waals surface area contributed by atoms with Gasteiger partial charge in [-0.15, -0.1) is 0 Å². The zero-order valence-electron chi connectivity index (χ0n) is 25.1. The minimum Gasteiger partial charge on any atom is -0.494 e. The Labute approximate surface area is 245 Å². The molecule has 1 amide bonds. The molecule has 0 aliphatic carbocycles. The molecular formula is C35H45N3O3. The lowest BCUT2D eigenvalue weighted by Gasteiger charge is -2.12. The lowest BCUT2D eigenvalue weighted by Crippen LogP contribution is -2.29. The van der Waals surface area contributed by atoms with Gasteiger partial charge in [0.1, 0.15) is 17.3 Å². The first-order valence-corrected chi connectivity index (χ1v) is 15.1. The average Bonchev–Trinajstić information content (AvgIpc) is 3.34. The van der Waals surface area contributed by atoms with Gasteiger partial charge < -0.3 is 19.4 Å². The second-order valence-electron chi connectivity index (χ2n) is 11.0. The van der Waals surface area contributed by atoms with Crippen molar-refractivity contribution in [3.05, 3.63) is 89.2 Å². The number of benzene rings is 3. The summed E-state index contributed by atoms with van der Waals surface area (Å²) in [5.41, 5.74) is 5.74. The third kappa shape index (κ3) is 8.84. The number of unbranched alkanes of at least 4 members (excludes halogenated alkanes) is 2. The maximum absolute atomic E-state index is 12.2. The highest BCUT2D eigenvalue weighted by molar-refractivity contribution is 5.77. The quantitative estimate of drug-likeness (QED) is 0.145. The van der Waals surface area contributed by atoms with Crippen LogP contribution in [0.1, 0.15) is 74.4 Å². The van der Waals surface area contributed by atoms with E-state index < -0.39 is 0 Å². The standard InChI is InChI=1S/C35H45N3O3/c1-5-27(3)29-17-19-30(20-18-29)40-23-11-22-38-32-13-9-8-12-31(32)37-34(38)14-7-6-10-21-36-35(39)25-41-33-24-26(2)15-16-28(33)4/h8-9,12-13,15-20,24,27H,5-7,10-11,14,21-23,25H2,1-4H3,(H,36,39). The molecule has 218 valence electrons. The summed E-state index contributed by atoms with van der Waals surface area (Å²) in [5.74, 6) is 3.31. The molecular weight excluding hydrogens is 510 g/mol. The van der Waals surface area contributed by atoms with Gasteiger partial charge in [0.2, 0.25) is 0 Å². The number of ether oxygens (including phenoxy) is 2.